The minimum atomic E-state index is -0.126. The lowest BCUT2D eigenvalue weighted by atomic mass is 9.79. The van der Waals surface area contributed by atoms with Crippen molar-refractivity contribution in [3.8, 4) is 0 Å². The van der Waals surface area contributed by atoms with E-state index in [9.17, 15) is 4.79 Å². The Bertz CT molecular complexity index is 927. The van der Waals surface area contributed by atoms with Gasteiger partial charge in [-0.2, -0.15) is 0 Å². The van der Waals surface area contributed by atoms with E-state index >= 15 is 0 Å². The first-order chi connectivity index (χ1) is 17.1. The van der Waals surface area contributed by atoms with E-state index in [-0.39, 0.29) is 5.97 Å². The largest absolute Gasteiger partial charge is 0.465 e. The molecule has 0 saturated carbocycles. The molecule has 1 aliphatic heterocycles. The molecular weight excluding hydrogens is 491 g/mol. The molecular formula is C29H41NO2S3. The summed E-state index contributed by atoms with van der Waals surface area (Å²) in [5.74, 6) is 2.26. The number of esters is 1. The minimum absolute atomic E-state index is 0.126. The number of thioether (sulfide) groups is 3. The zero-order valence-electron chi connectivity index (χ0n) is 21.8. The Morgan fingerprint density at radius 3 is 2.43 bits per heavy atom. The SMILES string of the molecule is CCCCC1(CCCC)CSc2cc(CSCC(=O)OCC)c(SC)cc2N(c2ccccc2)C1. The summed E-state index contributed by atoms with van der Waals surface area (Å²) in [6, 6.07) is 15.7. The Labute approximate surface area is 225 Å². The van der Waals surface area contributed by atoms with Crippen LogP contribution < -0.4 is 4.90 Å². The van der Waals surface area contributed by atoms with Crippen LogP contribution in [0.1, 0.15) is 64.9 Å². The number of ether oxygens (including phenoxy) is 1. The fourth-order valence-corrected chi connectivity index (χ4v) is 7.64. The second-order valence-corrected chi connectivity index (χ2v) is 12.2. The van der Waals surface area contributed by atoms with E-state index in [1.54, 1.807) is 23.5 Å². The molecule has 6 heteroatoms. The maximum Gasteiger partial charge on any atom is 0.315 e. The fourth-order valence-electron chi connectivity index (χ4n) is 4.73. The second kappa shape index (κ2) is 14.5. The summed E-state index contributed by atoms with van der Waals surface area (Å²) in [7, 11) is 0. The molecule has 0 fully saturated rings. The van der Waals surface area contributed by atoms with E-state index < -0.39 is 0 Å². The number of carbonyl (C=O) groups is 1. The van der Waals surface area contributed by atoms with Gasteiger partial charge in [0.15, 0.2) is 0 Å². The molecule has 0 unspecified atom stereocenters. The Morgan fingerprint density at radius 2 is 1.80 bits per heavy atom. The predicted molar refractivity (Wildman–Crippen MR) is 157 cm³/mol. The summed E-state index contributed by atoms with van der Waals surface area (Å²) in [6.07, 6.45) is 9.79. The summed E-state index contributed by atoms with van der Waals surface area (Å²) in [5.41, 5.74) is 4.24. The molecule has 1 heterocycles. The van der Waals surface area contributed by atoms with Gasteiger partial charge in [0, 0.05) is 33.5 Å². The average Bonchev–Trinajstić information content (AvgIpc) is 3.03. The normalized spacial score (nSPS) is 14.9. The molecule has 0 aliphatic carbocycles. The maximum absolute atomic E-state index is 11.9. The van der Waals surface area contributed by atoms with Crippen molar-refractivity contribution in [2.45, 2.75) is 74.8 Å². The number of nitrogens with zero attached hydrogens (tertiary/aromatic N) is 1. The lowest BCUT2D eigenvalue weighted by Crippen LogP contribution is -2.36. The molecule has 0 aromatic heterocycles. The minimum Gasteiger partial charge on any atom is -0.465 e. The molecule has 0 amide bonds. The Balaban J connectivity index is 1.97. The molecule has 2 aromatic rings. The first kappa shape index (κ1) is 28.3. The quantitative estimate of drug-likeness (QED) is 0.189. The molecule has 0 spiro atoms. The van der Waals surface area contributed by atoms with Crippen LogP contribution in [0.5, 0.6) is 0 Å². The standard InChI is InChI=1S/C29H41NO2S3/c1-5-8-15-29(16-9-6-2)21-30(24-13-11-10-12-14-24)25-18-26(33-4)23(17-27(25)35-22-29)19-34-20-28(31)32-7-3/h10-14,17-18H,5-9,15-16,19-22H2,1-4H3. The molecule has 3 rings (SSSR count). The van der Waals surface area contributed by atoms with Crippen LogP contribution in [0.25, 0.3) is 0 Å². The third-order valence-corrected chi connectivity index (χ3v) is 9.82. The molecule has 0 bridgehead atoms. The summed E-state index contributed by atoms with van der Waals surface area (Å²) >= 11 is 5.50. The van der Waals surface area contributed by atoms with Crippen molar-refractivity contribution in [1.82, 2.24) is 0 Å². The molecule has 1 aliphatic rings. The van der Waals surface area contributed by atoms with Crippen molar-refractivity contribution >= 4 is 52.6 Å². The Morgan fingerprint density at radius 1 is 1.09 bits per heavy atom. The Kier molecular flexibility index (Phi) is 11.7. The van der Waals surface area contributed by atoms with E-state index in [4.69, 9.17) is 4.74 Å². The fraction of sp³-hybridized carbons (Fsp3) is 0.552. The molecule has 0 radical (unpaired) electrons. The number of para-hydroxylation sites is 1. The first-order valence-corrected chi connectivity index (χ1v) is 16.3. The van der Waals surface area contributed by atoms with Crippen LogP contribution in [0.2, 0.25) is 0 Å². The lowest BCUT2D eigenvalue weighted by Gasteiger charge is -2.37. The molecule has 0 N–H and O–H groups in total. The van der Waals surface area contributed by atoms with Crippen LogP contribution >= 0.6 is 35.3 Å². The highest BCUT2D eigenvalue weighted by molar-refractivity contribution is 8.00. The molecule has 35 heavy (non-hydrogen) atoms. The summed E-state index contributed by atoms with van der Waals surface area (Å²) in [6.45, 7) is 8.00. The van der Waals surface area contributed by atoms with Crippen molar-refractivity contribution in [2.24, 2.45) is 5.41 Å². The van der Waals surface area contributed by atoms with Crippen molar-refractivity contribution in [1.29, 1.82) is 0 Å². The zero-order chi connectivity index (χ0) is 25.1. The highest BCUT2D eigenvalue weighted by Gasteiger charge is 2.36. The zero-order valence-corrected chi connectivity index (χ0v) is 24.3. The molecule has 192 valence electrons. The van der Waals surface area contributed by atoms with Crippen LogP contribution in [0.3, 0.4) is 0 Å². The highest BCUT2D eigenvalue weighted by atomic mass is 32.2. The van der Waals surface area contributed by atoms with Crippen molar-refractivity contribution < 1.29 is 9.53 Å². The highest BCUT2D eigenvalue weighted by Crippen LogP contribution is 2.49. The number of anilines is 2. The molecule has 0 saturated heterocycles. The molecule has 3 nitrogen and oxygen atoms in total. The van der Waals surface area contributed by atoms with E-state index in [2.05, 4.69) is 67.5 Å². The number of carbonyl (C=O) groups excluding carboxylic acids is 1. The van der Waals surface area contributed by atoms with Gasteiger partial charge < -0.3 is 9.64 Å². The van der Waals surface area contributed by atoms with Gasteiger partial charge in [0.05, 0.1) is 18.0 Å². The van der Waals surface area contributed by atoms with E-state index in [0.29, 0.717) is 17.8 Å². The number of hydrogen-bond acceptors (Lipinski definition) is 6. The first-order valence-electron chi connectivity index (χ1n) is 13.0. The van der Waals surface area contributed by atoms with Gasteiger partial charge in [-0.15, -0.1) is 35.3 Å². The van der Waals surface area contributed by atoms with E-state index in [1.807, 2.05) is 18.7 Å². The third kappa shape index (κ3) is 7.87. The number of fused-ring (bicyclic) bond motifs is 1. The van der Waals surface area contributed by atoms with Crippen LogP contribution in [0.15, 0.2) is 52.3 Å². The van der Waals surface area contributed by atoms with Gasteiger partial charge in [0.25, 0.3) is 0 Å². The number of rotatable bonds is 13. The van der Waals surface area contributed by atoms with Gasteiger partial charge in [0.2, 0.25) is 0 Å². The van der Waals surface area contributed by atoms with E-state index in [0.717, 1.165) is 18.1 Å². The summed E-state index contributed by atoms with van der Waals surface area (Å²) in [4.78, 5) is 17.1. The second-order valence-electron chi connectivity index (χ2n) is 9.35. The summed E-state index contributed by atoms with van der Waals surface area (Å²) < 4.78 is 5.12. The van der Waals surface area contributed by atoms with Gasteiger partial charge in [-0.3, -0.25) is 4.79 Å². The lowest BCUT2D eigenvalue weighted by molar-refractivity contribution is -0.139. The van der Waals surface area contributed by atoms with Gasteiger partial charge in [-0.05, 0) is 61.3 Å². The smallest absolute Gasteiger partial charge is 0.315 e. The van der Waals surface area contributed by atoms with Gasteiger partial charge >= 0.3 is 5.97 Å². The van der Waals surface area contributed by atoms with Gasteiger partial charge in [-0.25, -0.2) is 0 Å². The van der Waals surface area contributed by atoms with Crippen LogP contribution in [-0.2, 0) is 15.3 Å². The maximum atomic E-state index is 11.9. The molecule has 2 aromatic carbocycles. The topological polar surface area (TPSA) is 29.5 Å². The van der Waals surface area contributed by atoms with Crippen LogP contribution in [0.4, 0.5) is 11.4 Å². The Hall–Kier alpha value is -1.24. The summed E-state index contributed by atoms with van der Waals surface area (Å²) in [5, 5.41) is 0. The number of hydrogen-bond donors (Lipinski definition) is 0. The van der Waals surface area contributed by atoms with Crippen molar-refractivity contribution in [3.63, 3.8) is 0 Å². The number of unbranched alkanes of at least 4 members (excludes halogenated alkanes) is 2. The molecule has 0 atom stereocenters. The monoisotopic (exact) mass is 531 g/mol. The number of benzene rings is 2. The van der Waals surface area contributed by atoms with Gasteiger partial charge in [-0.1, -0.05) is 57.7 Å². The van der Waals surface area contributed by atoms with Crippen molar-refractivity contribution in [3.05, 3.63) is 48.0 Å². The van der Waals surface area contributed by atoms with E-state index in [1.165, 1.54) is 65.3 Å². The van der Waals surface area contributed by atoms with Crippen molar-refractivity contribution in [2.75, 3.05) is 35.8 Å². The average molecular weight is 532 g/mol. The van der Waals surface area contributed by atoms with Crippen LogP contribution in [0, 0.1) is 5.41 Å². The van der Waals surface area contributed by atoms with Gasteiger partial charge in [0.1, 0.15) is 0 Å². The third-order valence-electron chi connectivity index (χ3n) is 6.65. The van der Waals surface area contributed by atoms with Crippen LogP contribution in [-0.4, -0.2) is 36.9 Å². The predicted octanol–water partition coefficient (Wildman–Crippen LogP) is 8.82.